The van der Waals surface area contributed by atoms with Gasteiger partial charge < -0.3 is 10.1 Å². The van der Waals surface area contributed by atoms with Crippen molar-refractivity contribution in [2.24, 2.45) is 5.92 Å². The van der Waals surface area contributed by atoms with Crippen LogP contribution in [-0.2, 0) is 17.6 Å². The molecule has 1 N–H and O–H groups in total. The molecule has 0 spiro atoms. The third-order valence-corrected chi connectivity index (χ3v) is 3.65. The minimum absolute atomic E-state index is 0.458. The summed E-state index contributed by atoms with van der Waals surface area (Å²) in [7, 11) is 1.78. The second-order valence-corrected chi connectivity index (χ2v) is 5.35. The smallest absolute Gasteiger partial charge is 0.0618 e. The zero-order valence-corrected chi connectivity index (χ0v) is 11.1. The van der Waals surface area contributed by atoms with Crippen molar-refractivity contribution in [3.63, 3.8) is 0 Å². The fourth-order valence-electron chi connectivity index (χ4n) is 2.59. The van der Waals surface area contributed by atoms with Gasteiger partial charge in [0.25, 0.3) is 0 Å². The van der Waals surface area contributed by atoms with Crippen LogP contribution in [0.15, 0.2) is 24.3 Å². The summed E-state index contributed by atoms with van der Waals surface area (Å²) in [6.07, 6.45) is 2.31. The maximum Gasteiger partial charge on any atom is 0.0618 e. The van der Waals surface area contributed by atoms with Crippen molar-refractivity contribution in [1.82, 2.24) is 5.32 Å². The Bertz CT molecular complexity index is 337. The second kappa shape index (κ2) is 5.65. The molecule has 0 fully saturated rings. The van der Waals surface area contributed by atoms with Crippen molar-refractivity contribution in [3.8, 4) is 0 Å². The molecule has 1 aliphatic rings. The lowest BCUT2D eigenvalue weighted by Gasteiger charge is -2.25. The Kier molecular flexibility index (Phi) is 4.19. The van der Waals surface area contributed by atoms with E-state index in [4.69, 9.17) is 4.74 Å². The first-order valence-electron chi connectivity index (χ1n) is 6.52. The predicted molar refractivity (Wildman–Crippen MR) is 71.3 cm³/mol. The van der Waals surface area contributed by atoms with E-state index in [1.54, 1.807) is 7.11 Å². The number of nitrogens with one attached hydrogen (secondary N) is 1. The Labute approximate surface area is 104 Å². The lowest BCUT2D eigenvalue weighted by Crippen LogP contribution is -2.44. The number of hydrogen-bond donors (Lipinski definition) is 1. The second-order valence-electron chi connectivity index (χ2n) is 5.35. The number of ether oxygens (including phenoxy) is 1. The fraction of sp³-hybridized carbons (Fsp3) is 0.600. The van der Waals surface area contributed by atoms with Crippen molar-refractivity contribution >= 4 is 0 Å². The fourth-order valence-corrected chi connectivity index (χ4v) is 2.59. The Balaban J connectivity index is 1.94. The van der Waals surface area contributed by atoms with Gasteiger partial charge in [-0.3, -0.25) is 0 Å². The Morgan fingerprint density at radius 3 is 2.29 bits per heavy atom. The van der Waals surface area contributed by atoms with Crippen LogP contribution in [0, 0.1) is 5.92 Å². The highest BCUT2D eigenvalue weighted by atomic mass is 16.5. The van der Waals surface area contributed by atoms with Gasteiger partial charge in [0.1, 0.15) is 0 Å². The lowest BCUT2D eigenvalue weighted by atomic mass is 10.0. The SMILES string of the molecule is COCC(NC1Cc2ccccc2C1)C(C)C. The molecule has 1 unspecified atom stereocenters. The van der Waals surface area contributed by atoms with Gasteiger partial charge in [0, 0.05) is 19.2 Å². The van der Waals surface area contributed by atoms with Crippen LogP contribution < -0.4 is 5.32 Å². The molecule has 0 saturated heterocycles. The number of methoxy groups -OCH3 is 1. The van der Waals surface area contributed by atoms with Gasteiger partial charge in [-0.15, -0.1) is 0 Å². The summed E-state index contributed by atoms with van der Waals surface area (Å²) in [4.78, 5) is 0. The highest BCUT2D eigenvalue weighted by Gasteiger charge is 2.24. The van der Waals surface area contributed by atoms with E-state index < -0.39 is 0 Å². The summed E-state index contributed by atoms with van der Waals surface area (Å²) in [5.41, 5.74) is 3.01. The first-order chi connectivity index (χ1) is 8.20. The molecule has 0 aliphatic heterocycles. The average Bonchev–Trinajstić information content (AvgIpc) is 2.70. The minimum Gasteiger partial charge on any atom is -0.383 e. The van der Waals surface area contributed by atoms with Gasteiger partial charge in [0.15, 0.2) is 0 Å². The zero-order chi connectivity index (χ0) is 12.3. The number of benzene rings is 1. The van der Waals surface area contributed by atoms with Crippen LogP contribution >= 0.6 is 0 Å². The molecule has 1 aromatic rings. The molecule has 0 amide bonds. The number of fused-ring (bicyclic) bond motifs is 1. The summed E-state index contributed by atoms with van der Waals surface area (Å²) in [6.45, 7) is 5.29. The van der Waals surface area contributed by atoms with E-state index in [1.165, 1.54) is 11.1 Å². The van der Waals surface area contributed by atoms with Crippen LogP contribution in [-0.4, -0.2) is 25.8 Å². The molecule has 2 heteroatoms. The van der Waals surface area contributed by atoms with Crippen LogP contribution in [0.25, 0.3) is 0 Å². The van der Waals surface area contributed by atoms with E-state index in [0.717, 1.165) is 19.4 Å². The van der Waals surface area contributed by atoms with Gasteiger partial charge in [-0.05, 0) is 29.9 Å². The topological polar surface area (TPSA) is 21.3 Å². The molecule has 17 heavy (non-hydrogen) atoms. The van der Waals surface area contributed by atoms with Crippen LogP contribution in [0.2, 0.25) is 0 Å². The average molecular weight is 233 g/mol. The summed E-state index contributed by atoms with van der Waals surface area (Å²) in [6, 6.07) is 9.80. The van der Waals surface area contributed by atoms with E-state index in [-0.39, 0.29) is 0 Å². The molecule has 0 heterocycles. The van der Waals surface area contributed by atoms with Gasteiger partial charge in [-0.1, -0.05) is 38.1 Å². The quantitative estimate of drug-likeness (QED) is 0.843. The molecular formula is C15H23NO. The van der Waals surface area contributed by atoms with E-state index in [1.807, 2.05) is 0 Å². The van der Waals surface area contributed by atoms with Crippen LogP contribution in [0.5, 0.6) is 0 Å². The van der Waals surface area contributed by atoms with Crippen LogP contribution in [0.4, 0.5) is 0 Å². The maximum absolute atomic E-state index is 5.29. The number of hydrogen-bond acceptors (Lipinski definition) is 2. The Hall–Kier alpha value is -0.860. The van der Waals surface area contributed by atoms with Gasteiger partial charge in [0.05, 0.1) is 6.61 Å². The summed E-state index contributed by atoms with van der Waals surface area (Å²) in [5, 5.41) is 3.74. The van der Waals surface area contributed by atoms with Crippen molar-refractivity contribution in [1.29, 1.82) is 0 Å². The summed E-state index contributed by atoms with van der Waals surface area (Å²) < 4.78 is 5.29. The molecule has 2 rings (SSSR count). The van der Waals surface area contributed by atoms with E-state index in [2.05, 4.69) is 43.4 Å². The van der Waals surface area contributed by atoms with Gasteiger partial charge >= 0.3 is 0 Å². The van der Waals surface area contributed by atoms with Crippen molar-refractivity contribution in [2.45, 2.75) is 38.8 Å². The molecule has 0 saturated carbocycles. The molecule has 0 aromatic heterocycles. The maximum atomic E-state index is 5.29. The minimum atomic E-state index is 0.458. The van der Waals surface area contributed by atoms with E-state index in [0.29, 0.717) is 18.0 Å². The Morgan fingerprint density at radius 1 is 1.24 bits per heavy atom. The molecule has 1 atom stereocenters. The van der Waals surface area contributed by atoms with E-state index in [9.17, 15) is 0 Å². The summed E-state index contributed by atoms with van der Waals surface area (Å²) >= 11 is 0. The molecular weight excluding hydrogens is 210 g/mol. The van der Waals surface area contributed by atoms with Crippen LogP contribution in [0.3, 0.4) is 0 Å². The largest absolute Gasteiger partial charge is 0.383 e. The third-order valence-electron chi connectivity index (χ3n) is 3.65. The summed E-state index contributed by atoms with van der Waals surface area (Å²) in [5.74, 6) is 0.610. The first-order valence-corrected chi connectivity index (χ1v) is 6.52. The zero-order valence-electron chi connectivity index (χ0n) is 11.1. The van der Waals surface area contributed by atoms with E-state index >= 15 is 0 Å². The molecule has 1 aromatic carbocycles. The first kappa shape index (κ1) is 12.6. The van der Waals surface area contributed by atoms with Gasteiger partial charge in [-0.25, -0.2) is 0 Å². The number of rotatable bonds is 5. The lowest BCUT2D eigenvalue weighted by molar-refractivity contribution is 0.141. The normalized spacial score (nSPS) is 17.4. The standard InChI is InChI=1S/C15H23NO/c1-11(2)15(10-17-3)16-14-8-12-6-4-5-7-13(12)9-14/h4-7,11,14-16H,8-10H2,1-3H3. The molecule has 0 radical (unpaired) electrons. The van der Waals surface area contributed by atoms with Crippen molar-refractivity contribution in [2.75, 3.05) is 13.7 Å². The third kappa shape index (κ3) is 3.08. The molecule has 0 bridgehead atoms. The Morgan fingerprint density at radius 2 is 1.82 bits per heavy atom. The predicted octanol–water partition coefficient (Wildman–Crippen LogP) is 2.41. The monoisotopic (exact) mass is 233 g/mol. The van der Waals surface area contributed by atoms with Gasteiger partial charge in [-0.2, -0.15) is 0 Å². The van der Waals surface area contributed by atoms with Crippen molar-refractivity contribution < 1.29 is 4.74 Å². The molecule has 2 nitrogen and oxygen atoms in total. The van der Waals surface area contributed by atoms with Crippen LogP contribution in [0.1, 0.15) is 25.0 Å². The highest BCUT2D eigenvalue weighted by Crippen LogP contribution is 2.22. The van der Waals surface area contributed by atoms with Crippen molar-refractivity contribution in [3.05, 3.63) is 35.4 Å². The molecule has 1 aliphatic carbocycles. The van der Waals surface area contributed by atoms with Gasteiger partial charge in [0.2, 0.25) is 0 Å². The highest BCUT2D eigenvalue weighted by molar-refractivity contribution is 5.33. The molecule has 94 valence electrons.